The molecule has 0 aromatic heterocycles. The minimum absolute atomic E-state index is 0.128. The SMILES string of the molecule is C=C(C)COc1c(Cl)cc(/C=C2\N=C(c3ccccc3Cl)OC2=O)cc1OC. The van der Waals surface area contributed by atoms with Gasteiger partial charge < -0.3 is 14.2 Å². The molecule has 0 N–H and O–H groups in total. The Morgan fingerprint density at radius 2 is 2.00 bits per heavy atom. The van der Waals surface area contributed by atoms with E-state index >= 15 is 0 Å². The number of nitrogens with zero attached hydrogens (tertiary/aromatic N) is 1. The average Bonchev–Trinajstić information content (AvgIpc) is 3.00. The van der Waals surface area contributed by atoms with Crippen LogP contribution in [-0.2, 0) is 9.53 Å². The summed E-state index contributed by atoms with van der Waals surface area (Å²) in [7, 11) is 1.51. The predicted octanol–water partition coefficient (Wildman–Crippen LogP) is 5.30. The lowest BCUT2D eigenvalue weighted by atomic mass is 10.1. The average molecular weight is 418 g/mol. The Morgan fingerprint density at radius 3 is 2.68 bits per heavy atom. The maximum Gasteiger partial charge on any atom is 0.363 e. The van der Waals surface area contributed by atoms with Gasteiger partial charge in [0.15, 0.2) is 17.2 Å². The first-order chi connectivity index (χ1) is 13.4. The van der Waals surface area contributed by atoms with Gasteiger partial charge in [0, 0.05) is 0 Å². The molecule has 0 saturated heterocycles. The number of aliphatic imine (C=N–C) groups is 1. The van der Waals surface area contributed by atoms with Crippen molar-refractivity contribution in [2.45, 2.75) is 6.92 Å². The molecule has 1 aliphatic rings. The molecule has 0 aliphatic carbocycles. The van der Waals surface area contributed by atoms with Crippen LogP contribution in [0.2, 0.25) is 10.0 Å². The minimum atomic E-state index is -0.576. The van der Waals surface area contributed by atoms with E-state index in [-0.39, 0.29) is 11.6 Å². The molecule has 1 aliphatic heterocycles. The Hall–Kier alpha value is -2.76. The zero-order valence-corrected chi connectivity index (χ0v) is 16.8. The molecule has 0 unspecified atom stereocenters. The van der Waals surface area contributed by atoms with Gasteiger partial charge in [-0.2, -0.15) is 0 Å². The molecule has 2 aromatic rings. The fourth-order valence-electron chi connectivity index (χ4n) is 2.48. The summed E-state index contributed by atoms with van der Waals surface area (Å²) < 4.78 is 16.3. The highest BCUT2D eigenvalue weighted by molar-refractivity contribution is 6.34. The summed E-state index contributed by atoms with van der Waals surface area (Å²) in [6.07, 6.45) is 1.56. The van der Waals surface area contributed by atoms with E-state index in [4.69, 9.17) is 37.4 Å². The number of carbonyl (C=O) groups excluding carboxylic acids is 1. The van der Waals surface area contributed by atoms with Crippen molar-refractivity contribution in [1.29, 1.82) is 0 Å². The second kappa shape index (κ2) is 8.50. The zero-order chi connectivity index (χ0) is 20.3. The van der Waals surface area contributed by atoms with E-state index in [1.165, 1.54) is 7.11 Å². The monoisotopic (exact) mass is 417 g/mol. The summed E-state index contributed by atoms with van der Waals surface area (Å²) >= 11 is 12.5. The fourth-order valence-corrected chi connectivity index (χ4v) is 2.97. The van der Waals surface area contributed by atoms with Crippen LogP contribution in [0, 0.1) is 0 Å². The standard InChI is InChI=1S/C21H17Cl2NO4/c1-12(2)11-27-19-16(23)8-13(10-18(19)26-3)9-17-21(25)28-20(24-17)14-6-4-5-7-15(14)22/h4-10H,1,11H2,2-3H3/b17-9-. The normalized spacial score (nSPS) is 14.6. The lowest BCUT2D eigenvalue weighted by Crippen LogP contribution is -2.05. The third-order valence-electron chi connectivity index (χ3n) is 3.74. The molecule has 0 fully saturated rings. The summed E-state index contributed by atoms with van der Waals surface area (Å²) in [5.41, 5.74) is 2.13. The van der Waals surface area contributed by atoms with Crippen molar-refractivity contribution in [3.05, 3.63) is 75.4 Å². The third-order valence-corrected chi connectivity index (χ3v) is 4.35. The molecule has 0 bridgehead atoms. The number of hydrogen-bond donors (Lipinski definition) is 0. The van der Waals surface area contributed by atoms with Crippen molar-refractivity contribution in [2.24, 2.45) is 4.99 Å². The summed E-state index contributed by atoms with van der Waals surface area (Å²) in [5.74, 6) is 0.416. The molecule has 0 saturated carbocycles. The molecule has 0 spiro atoms. The van der Waals surface area contributed by atoms with Crippen LogP contribution in [0.3, 0.4) is 0 Å². The topological polar surface area (TPSA) is 57.1 Å². The van der Waals surface area contributed by atoms with E-state index in [2.05, 4.69) is 11.6 Å². The number of carbonyl (C=O) groups is 1. The first-order valence-corrected chi connectivity index (χ1v) is 9.07. The van der Waals surface area contributed by atoms with Gasteiger partial charge in [0.1, 0.15) is 6.61 Å². The van der Waals surface area contributed by atoms with E-state index in [0.29, 0.717) is 39.3 Å². The van der Waals surface area contributed by atoms with Crippen LogP contribution in [0.4, 0.5) is 0 Å². The number of benzene rings is 2. The van der Waals surface area contributed by atoms with Crippen LogP contribution in [-0.4, -0.2) is 25.6 Å². The van der Waals surface area contributed by atoms with Gasteiger partial charge in [0.2, 0.25) is 5.90 Å². The van der Waals surface area contributed by atoms with Gasteiger partial charge in [0.25, 0.3) is 0 Å². The van der Waals surface area contributed by atoms with Crippen LogP contribution in [0.5, 0.6) is 11.5 Å². The number of methoxy groups -OCH3 is 1. The molecule has 0 atom stereocenters. The Balaban J connectivity index is 1.94. The first-order valence-electron chi connectivity index (χ1n) is 8.31. The maximum absolute atomic E-state index is 12.2. The van der Waals surface area contributed by atoms with E-state index in [0.717, 1.165) is 5.57 Å². The van der Waals surface area contributed by atoms with E-state index in [1.54, 1.807) is 42.5 Å². The van der Waals surface area contributed by atoms with Crippen molar-refractivity contribution in [1.82, 2.24) is 0 Å². The lowest BCUT2D eigenvalue weighted by molar-refractivity contribution is -0.129. The van der Waals surface area contributed by atoms with Gasteiger partial charge in [-0.15, -0.1) is 0 Å². The predicted molar refractivity (Wildman–Crippen MR) is 110 cm³/mol. The number of hydrogen-bond acceptors (Lipinski definition) is 5. The molecular weight excluding hydrogens is 401 g/mol. The second-order valence-corrected chi connectivity index (χ2v) is 6.91. The molecule has 7 heteroatoms. The van der Waals surface area contributed by atoms with E-state index < -0.39 is 5.97 Å². The van der Waals surface area contributed by atoms with Crippen LogP contribution in [0.15, 0.2) is 59.2 Å². The molecule has 144 valence electrons. The lowest BCUT2D eigenvalue weighted by Gasteiger charge is -2.13. The molecule has 0 amide bonds. The Kier molecular flexibility index (Phi) is 6.07. The largest absolute Gasteiger partial charge is 0.493 e. The van der Waals surface area contributed by atoms with Gasteiger partial charge >= 0.3 is 5.97 Å². The molecule has 0 radical (unpaired) electrons. The molecule has 3 rings (SSSR count). The number of halogens is 2. The maximum atomic E-state index is 12.2. The summed E-state index contributed by atoms with van der Waals surface area (Å²) in [4.78, 5) is 16.5. The molecule has 2 aromatic carbocycles. The third kappa shape index (κ3) is 4.38. The minimum Gasteiger partial charge on any atom is -0.493 e. The van der Waals surface area contributed by atoms with Crippen LogP contribution < -0.4 is 9.47 Å². The van der Waals surface area contributed by atoms with E-state index in [1.807, 2.05) is 6.92 Å². The van der Waals surface area contributed by atoms with Gasteiger partial charge in [-0.1, -0.05) is 41.9 Å². The quantitative estimate of drug-likeness (QED) is 0.363. The highest BCUT2D eigenvalue weighted by atomic mass is 35.5. The van der Waals surface area contributed by atoms with Gasteiger partial charge in [-0.25, -0.2) is 9.79 Å². The first kappa shape index (κ1) is 20.0. The molecule has 1 heterocycles. The zero-order valence-electron chi connectivity index (χ0n) is 15.3. The van der Waals surface area contributed by atoms with Crippen molar-refractivity contribution in [3.63, 3.8) is 0 Å². The number of rotatable bonds is 6. The summed E-state index contributed by atoms with van der Waals surface area (Å²) in [5, 5.41) is 0.785. The molecular formula is C21H17Cl2NO4. The van der Waals surface area contributed by atoms with Gasteiger partial charge in [-0.05, 0) is 48.4 Å². The van der Waals surface area contributed by atoms with Crippen LogP contribution in [0.25, 0.3) is 6.08 Å². The molecule has 28 heavy (non-hydrogen) atoms. The highest BCUT2D eigenvalue weighted by Crippen LogP contribution is 2.37. The summed E-state index contributed by atoms with van der Waals surface area (Å²) in [6.45, 7) is 5.95. The Morgan fingerprint density at radius 1 is 1.25 bits per heavy atom. The van der Waals surface area contributed by atoms with Gasteiger partial charge in [-0.3, -0.25) is 0 Å². The van der Waals surface area contributed by atoms with Crippen molar-refractivity contribution in [3.8, 4) is 11.5 Å². The molecule has 5 nitrogen and oxygen atoms in total. The van der Waals surface area contributed by atoms with Crippen molar-refractivity contribution >= 4 is 41.1 Å². The van der Waals surface area contributed by atoms with Crippen molar-refractivity contribution < 1.29 is 19.0 Å². The van der Waals surface area contributed by atoms with Crippen molar-refractivity contribution in [2.75, 3.05) is 13.7 Å². The number of cyclic esters (lactones) is 1. The number of esters is 1. The highest BCUT2D eigenvalue weighted by Gasteiger charge is 2.25. The second-order valence-electron chi connectivity index (χ2n) is 6.10. The van der Waals surface area contributed by atoms with Crippen LogP contribution >= 0.6 is 23.2 Å². The Labute approximate surface area is 172 Å². The van der Waals surface area contributed by atoms with E-state index in [9.17, 15) is 4.79 Å². The van der Waals surface area contributed by atoms with Crippen LogP contribution in [0.1, 0.15) is 18.1 Å². The number of ether oxygens (including phenoxy) is 3. The fraction of sp³-hybridized carbons (Fsp3) is 0.143. The smallest absolute Gasteiger partial charge is 0.363 e. The summed E-state index contributed by atoms with van der Waals surface area (Å²) in [6, 6.07) is 10.3. The Bertz CT molecular complexity index is 1010. The van der Waals surface area contributed by atoms with Gasteiger partial charge in [0.05, 0.1) is 22.7 Å².